The molecule has 0 saturated heterocycles. The molecule has 0 radical (unpaired) electrons. The SMILES string of the molecule is CC(C)n1ccc(Nc2nccc(-c3cc(C#N)c4c(c3)[C@](C)(CO)CN4)n2)n1. The van der Waals surface area contributed by atoms with Crippen LogP contribution in [0.2, 0.25) is 0 Å². The van der Waals surface area contributed by atoms with E-state index in [9.17, 15) is 10.4 Å². The van der Waals surface area contributed by atoms with Gasteiger partial charge in [-0.25, -0.2) is 9.97 Å². The highest BCUT2D eigenvalue weighted by atomic mass is 16.3. The number of nitriles is 1. The lowest BCUT2D eigenvalue weighted by Crippen LogP contribution is -2.28. The van der Waals surface area contributed by atoms with Crippen LogP contribution in [-0.2, 0) is 5.41 Å². The Morgan fingerprint density at radius 1 is 1.38 bits per heavy atom. The molecule has 0 amide bonds. The summed E-state index contributed by atoms with van der Waals surface area (Å²) in [6, 6.07) is 10.0. The molecule has 3 heterocycles. The van der Waals surface area contributed by atoms with E-state index < -0.39 is 5.41 Å². The second-order valence-corrected chi connectivity index (χ2v) is 7.80. The van der Waals surface area contributed by atoms with Crippen LogP contribution < -0.4 is 10.6 Å². The third kappa shape index (κ3) is 3.41. The molecule has 0 fully saturated rings. The fraction of sp³-hybridized carbons (Fsp3) is 0.333. The van der Waals surface area contributed by atoms with Gasteiger partial charge in [-0.2, -0.15) is 10.4 Å². The molecular formula is C21H23N7O. The monoisotopic (exact) mass is 389 g/mol. The summed E-state index contributed by atoms with van der Waals surface area (Å²) in [6.45, 7) is 6.68. The Labute approximate surface area is 169 Å². The molecule has 8 nitrogen and oxygen atoms in total. The summed E-state index contributed by atoms with van der Waals surface area (Å²) < 4.78 is 1.86. The first-order valence-corrected chi connectivity index (χ1v) is 9.52. The fourth-order valence-corrected chi connectivity index (χ4v) is 3.45. The van der Waals surface area contributed by atoms with E-state index in [4.69, 9.17) is 0 Å². The number of hydrogen-bond acceptors (Lipinski definition) is 7. The lowest BCUT2D eigenvalue weighted by Gasteiger charge is -2.21. The third-order valence-corrected chi connectivity index (χ3v) is 5.24. The summed E-state index contributed by atoms with van der Waals surface area (Å²) in [7, 11) is 0. The number of benzene rings is 1. The van der Waals surface area contributed by atoms with Crippen LogP contribution in [0.5, 0.6) is 0 Å². The van der Waals surface area contributed by atoms with Crippen LogP contribution in [-0.4, -0.2) is 38.0 Å². The van der Waals surface area contributed by atoms with Crippen LogP contribution in [0.15, 0.2) is 36.7 Å². The van der Waals surface area contributed by atoms with Crippen molar-refractivity contribution in [1.82, 2.24) is 19.7 Å². The number of aromatic nitrogens is 4. The fourth-order valence-electron chi connectivity index (χ4n) is 3.45. The Morgan fingerprint density at radius 2 is 2.21 bits per heavy atom. The van der Waals surface area contributed by atoms with E-state index in [2.05, 4.69) is 45.6 Å². The van der Waals surface area contributed by atoms with Crippen molar-refractivity contribution in [2.75, 3.05) is 23.8 Å². The Balaban J connectivity index is 1.70. The standard InChI is InChI=1S/C21H23N7O/c1-13(2)28-7-5-18(27-28)26-20-23-6-4-17(25-20)14-8-15(10-22)19-16(9-14)21(3,12-29)11-24-19/h4-9,13,24,29H,11-12H2,1-3H3,(H,23,25,26,27)/t21-/m0/s1. The molecule has 1 aliphatic heterocycles. The quantitative estimate of drug-likeness (QED) is 0.614. The van der Waals surface area contributed by atoms with Crippen molar-refractivity contribution in [2.45, 2.75) is 32.2 Å². The van der Waals surface area contributed by atoms with Crippen LogP contribution in [0.1, 0.15) is 37.9 Å². The molecule has 0 unspecified atom stereocenters. The van der Waals surface area contributed by atoms with E-state index in [1.54, 1.807) is 12.3 Å². The summed E-state index contributed by atoms with van der Waals surface area (Å²) in [5, 5.41) is 30.3. The van der Waals surface area contributed by atoms with Gasteiger partial charge in [0.05, 0.1) is 23.6 Å². The molecule has 1 atom stereocenters. The Morgan fingerprint density at radius 3 is 2.90 bits per heavy atom. The molecule has 2 aromatic heterocycles. The third-order valence-electron chi connectivity index (χ3n) is 5.24. The summed E-state index contributed by atoms with van der Waals surface area (Å²) in [4.78, 5) is 8.89. The minimum atomic E-state index is -0.436. The van der Waals surface area contributed by atoms with Gasteiger partial charge in [0, 0.05) is 42.0 Å². The first-order chi connectivity index (χ1) is 13.9. The maximum Gasteiger partial charge on any atom is 0.228 e. The number of aliphatic hydroxyl groups excluding tert-OH is 1. The van der Waals surface area contributed by atoms with E-state index in [0.29, 0.717) is 29.6 Å². The maximum atomic E-state index is 9.88. The molecule has 148 valence electrons. The lowest BCUT2D eigenvalue weighted by atomic mass is 9.83. The number of nitrogens with one attached hydrogen (secondary N) is 2. The predicted octanol–water partition coefficient (Wildman–Crippen LogP) is 3.21. The van der Waals surface area contributed by atoms with Gasteiger partial charge in [0.15, 0.2) is 5.82 Å². The zero-order valence-corrected chi connectivity index (χ0v) is 16.6. The molecule has 0 bridgehead atoms. The van der Waals surface area contributed by atoms with Crippen LogP contribution in [0.25, 0.3) is 11.3 Å². The highest BCUT2D eigenvalue weighted by Crippen LogP contribution is 2.41. The molecule has 3 N–H and O–H groups in total. The molecule has 1 aliphatic rings. The van der Waals surface area contributed by atoms with E-state index >= 15 is 0 Å². The van der Waals surface area contributed by atoms with Gasteiger partial charge in [0.2, 0.25) is 5.95 Å². The molecular weight excluding hydrogens is 366 g/mol. The van der Waals surface area contributed by atoms with E-state index in [1.807, 2.05) is 36.0 Å². The molecule has 0 aliphatic carbocycles. The molecule has 29 heavy (non-hydrogen) atoms. The maximum absolute atomic E-state index is 9.88. The highest BCUT2D eigenvalue weighted by Gasteiger charge is 2.35. The van der Waals surface area contributed by atoms with E-state index in [0.717, 1.165) is 16.8 Å². The van der Waals surface area contributed by atoms with Gasteiger partial charge in [-0.15, -0.1) is 0 Å². The molecule has 8 heteroatoms. The first-order valence-electron chi connectivity index (χ1n) is 9.52. The second-order valence-electron chi connectivity index (χ2n) is 7.80. The molecule has 0 spiro atoms. The van der Waals surface area contributed by atoms with Crippen molar-refractivity contribution in [1.29, 1.82) is 5.26 Å². The number of aliphatic hydroxyl groups is 1. The minimum absolute atomic E-state index is 0.00356. The van der Waals surface area contributed by atoms with Crippen molar-refractivity contribution < 1.29 is 5.11 Å². The molecule has 1 aromatic carbocycles. The Kier molecular flexibility index (Phi) is 4.68. The van der Waals surface area contributed by atoms with Gasteiger partial charge in [-0.3, -0.25) is 4.68 Å². The average molecular weight is 389 g/mol. The smallest absolute Gasteiger partial charge is 0.228 e. The average Bonchev–Trinajstić information content (AvgIpc) is 3.33. The van der Waals surface area contributed by atoms with Gasteiger partial charge in [-0.1, -0.05) is 6.92 Å². The van der Waals surface area contributed by atoms with Gasteiger partial charge < -0.3 is 15.7 Å². The summed E-state index contributed by atoms with van der Waals surface area (Å²) in [6.07, 6.45) is 3.58. The lowest BCUT2D eigenvalue weighted by molar-refractivity contribution is 0.219. The summed E-state index contributed by atoms with van der Waals surface area (Å²) in [5.74, 6) is 1.10. The zero-order chi connectivity index (χ0) is 20.6. The summed E-state index contributed by atoms with van der Waals surface area (Å²) >= 11 is 0. The Bertz CT molecular complexity index is 1100. The molecule has 3 aromatic rings. The van der Waals surface area contributed by atoms with Gasteiger partial charge in [0.25, 0.3) is 0 Å². The first kappa shape index (κ1) is 18.9. The number of anilines is 3. The van der Waals surface area contributed by atoms with Crippen molar-refractivity contribution in [3.8, 4) is 17.3 Å². The number of nitrogens with zero attached hydrogens (tertiary/aromatic N) is 5. The van der Waals surface area contributed by atoms with E-state index in [-0.39, 0.29) is 12.6 Å². The second kappa shape index (κ2) is 7.18. The van der Waals surface area contributed by atoms with Gasteiger partial charge >= 0.3 is 0 Å². The van der Waals surface area contributed by atoms with Crippen LogP contribution in [0.3, 0.4) is 0 Å². The van der Waals surface area contributed by atoms with Crippen LogP contribution in [0, 0.1) is 11.3 Å². The van der Waals surface area contributed by atoms with Crippen molar-refractivity contribution >= 4 is 17.5 Å². The molecule has 0 saturated carbocycles. The molecule has 4 rings (SSSR count). The zero-order valence-electron chi connectivity index (χ0n) is 16.6. The highest BCUT2D eigenvalue weighted by molar-refractivity contribution is 5.76. The van der Waals surface area contributed by atoms with Crippen LogP contribution >= 0.6 is 0 Å². The number of fused-ring (bicyclic) bond motifs is 1. The summed E-state index contributed by atoms with van der Waals surface area (Å²) in [5.41, 5.74) is 3.32. The minimum Gasteiger partial charge on any atom is -0.395 e. The van der Waals surface area contributed by atoms with Crippen LogP contribution in [0.4, 0.5) is 17.5 Å². The van der Waals surface area contributed by atoms with Crippen molar-refractivity contribution in [3.63, 3.8) is 0 Å². The normalized spacial score (nSPS) is 17.7. The topological polar surface area (TPSA) is 112 Å². The number of hydrogen-bond donors (Lipinski definition) is 3. The van der Waals surface area contributed by atoms with Crippen molar-refractivity contribution in [3.05, 3.63) is 47.8 Å². The number of rotatable bonds is 5. The van der Waals surface area contributed by atoms with E-state index in [1.165, 1.54) is 0 Å². The van der Waals surface area contributed by atoms with Gasteiger partial charge in [0.1, 0.15) is 6.07 Å². The van der Waals surface area contributed by atoms with Crippen molar-refractivity contribution in [2.24, 2.45) is 0 Å². The largest absolute Gasteiger partial charge is 0.395 e. The predicted molar refractivity (Wildman–Crippen MR) is 111 cm³/mol. The Hall–Kier alpha value is -3.44. The van der Waals surface area contributed by atoms with Gasteiger partial charge in [-0.05, 0) is 37.6 Å².